The van der Waals surface area contributed by atoms with E-state index in [9.17, 15) is 0 Å². The number of hydrogen-bond donors (Lipinski definition) is 1. The van der Waals surface area contributed by atoms with E-state index >= 15 is 0 Å². The van der Waals surface area contributed by atoms with Gasteiger partial charge in [0.05, 0.1) is 0 Å². The van der Waals surface area contributed by atoms with Crippen LogP contribution < -0.4 is 5.73 Å². The van der Waals surface area contributed by atoms with E-state index in [0.29, 0.717) is 22.9 Å². The van der Waals surface area contributed by atoms with E-state index in [2.05, 4.69) is 9.97 Å². The van der Waals surface area contributed by atoms with Crippen LogP contribution in [0.5, 0.6) is 0 Å². The lowest BCUT2D eigenvalue weighted by Crippen LogP contribution is -1.87. The fraction of sp³-hybridized carbons (Fsp3) is 0. The zero-order chi connectivity index (χ0) is 11.0. The molecular formula is C12H9N3O. The Labute approximate surface area is 91.7 Å². The number of pyridine rings is 1. The molecular weight excluding hydrogens is 202 g/mol. The van der Waals surface area contributed by atoms with Gasteiger partial charge in [0.25, 0.3) is 0 Å². The van der Waals surface area contributed by atoms with E-state index in [4.69, 9.17) is 10.2 Å². The summed E-state index contributed by atoms with van der Waals surface area (Å²) in [5.74, 6) is 0.997. The Kier molecular flexibility index (Phi) is 1.86. The molecule has 0 aliphatic rings. The number of rotatable bonds is 1. The number of benzene rings is 1. The summed E-state index contributed by atoms with van der Waals surface area (Å²) in [4.78, 5) is 8.41. The summed E-state index contributed by atoms with van der Waals surface area (Å²) in [7, 11) is 0. The van der Waals surface area contributed by atoms with Crippen LogP contribution in [0.4, 0.5) is 5.82 Å². The highest BCUT2D eigenvalue weighted by atomic mass is 16.4. The predicted octanol–water partition coefficient (Wildman–Crippen LogP) is 2.47. The lowest BCUT2D eigenvalue weighted by atomic mass is 10.2. The van der Waals surface area contributed by atoms with Crippen molar-refractivity contribution in [3.05, 3.63) is 42.5 Å². The van der Waals surface area contributed by atoms with Crippen LogP contribution in [-0.4, -0.2) is 9.97 Å². The van der Waals surface area contributed by atoms with Crippen molar-refractivity contribution in [1.82, 2.24) is 9.97 Å². The number of fused-ring (bicyclic) bond motifs is 1. The fourth-order valence-corrected chi connectivity index (χ4v) is 1.54. The molecule has 0 saturated heterocycles. The maximum atomic E-state index is 5.57. The first kappa shape index (κ1) is 8.91. The van der Waals surface area contributed by atoms with E-state index in [1.165, 1.54) is 0 Å². The summed E-state index contributed by atoms with van der Waals surface area (Å²) in [5, 5.41) is 0. The smallest absolute Gasteiger partial charge is 0.249 e. The third kappa shape index (κ3) is 1.40. The second-order valence-corrected chi connectivity index (χ2v) is 3.45. The zero-order valence-electron chi connectivity index (χ0n) is 8.42. The van der Waals surface area contributed by atoms with Crippen molar-refractivity contribution in [1.29, 1.82) is 0 Å². The second-order valence-electron chi connectivity index (χ2n) is 3.45. The molecule has 16 heavy (non-hydrogen) atoms. The SMILES string of the molecule is Nc1ccc2nc(-c3ccccc3)oc2n1. The number of nitrogen functional groups attached to an aromatic ring is 1. The van der Waals surface area contributed by atoms with Gasteiger partial charge in [0.15, 0.2) is 0 Å². The lowest BCUT2D eigenvalue weighted by molar-refractivity contribution is 0.608. The van der Waals surface area contributed by atoms with Crippen LogP contribution >= 0.6 is 0 Å². The molecule has 3 rings (SSSR count). The van der Waals surface area contributed by atoms with E-state index < -0.39 is 0 Å². The summed E-state index contributed by atoms with van der Waals surface area (Å²) in [6, 6.07) is 13.2. The fourth-order valence-electron chi connectivity index (χ4n) is 1.54. The van der Waals surface area contributed by atoms with Crippen molar-refractivity contribution in [2.45, 2.75) is 0 Å². The van der Waals surface area contributed by atoms with Crippen molar-refractivity contribution in [2.75, 3.05) is 5.73 Å². The van der Waals surface area contributed by atoms with Crippen LogP contribution in [0.2, 0.25) is 0 Å². The summed E-state index contributed by atoms with van der Waals surface area (Å²) >= 11 is 0. The highest BCUT2D eigenvalue weighted by Gasteiger charge is 2.08. The Morgan fingerprint density at radius 3 is 2.56 bits per heavy atom. The summed E-state index contributed by atoms with van der Waals surface area (Å²) in [6.45, 7) is 0. The Morgan fingerprint density at radius 1 is 0.938 bits per heavy atom. The molecule has 2 N–H and O–H groups in total. The minimum Gasteiger partial charge on any atom is -0.418 e. The first-order valence-electron chi connectivity index (χ1n) is 4.91. The number of oxazole rings is 1. The van der Waals surface area contributed by atoms with Crippen LogP contribution in [0.3, 0.4) is 0 Å². The average molecular weight is 211 g/mol. The Bertz CT molecular complexity index is 631. The largest absolute Gasteiger partial charge is 0.418 e. The second kappa shape index (κ2) is 3.34. The quantitative estimate of drug-likeness (QED) is 0.671. The van der Waals surface area contributed by atoms with Gasteiger partial charge in [-0.1, -0.05) is 18.2 Å². The van der Waals surface area contributed by atoms with Crippen LogP contribution in [0.1, 0.15) is 0 Å². The van der Waals surface area contributed by atoms with Crippen molar-refractivity contribution in [2.24, 2.45) is 0 Å². The van der Waals surface area contributed by atoms with Crippen molar-refractivity contribution < 1.29 is 4.42 Å². The summed E-state index contributed by atoms with van der Waals surface area (Å²) in [5.41, 5.74) is 7.69. The third-order valence-electron chi connectivity index (χ3n) is 2.30. The molecule has 0 spiro atoms. The standard InChI is InChI=1S/C12H9N3O/c13-10-7-6-9-12(15-10)16-11(14-9)8-4-2-1-3-5-8/h1-7H,(H2,13,15). The van der Waals surface area contributed by atoms with Gasteiger partial charge in [0.2, 0.25) is 11.6 Å². The molecule has 0 amide bonds. The molecule has 0 radical (unpaired) electrons. The number of nitrogens with zero attached hydrogens (tertiary/aromatic N) is 2. The molecule has 0 aliphatic carbocycles. The van der Waals surface area contributed by atoms with Crippen LogP contribution in [0, 0.1) is 0 Å². The van der Waals surface area contributed by atoms with Gasteiger partial charge in [-0.2, -0.15) is 4.98 Å². The Hall–Kier alpha value is -2.36. The third-order valence-corrected chi connectivity index (χ3v) is 2.30. The van der Waals surface area contributed by atoms with Gasteiger partial charge in [-0.15, -0.1) is 0 Å². The van der Waals surface area contributed by atoms with Crippen molar-refractivity contribution in [3.63, 3.8) is 0 Å². The molecule has 4 nitrogen and oxygen atoms in total. The molecule has 0 fully saturated rings. The van der Waals surface area contributed by atoms with Gasteiger partial charge < -0.3 is 10.2 Å². The van der Waals surface area contributed by atoms with E-state index in [0.717, 1.165) is 5.56 Å². The maximum absolute atomic E-state index is 5.57. The topological polar surface area (TPSA) is 64.9 Å². The van der Waals surface area contributed by atoms with Crippen molar-refractivity contribution in [3.8, 4) is 11.5 Å². The summed E-state index contributed by atoms with van der Waals surface area (Å²) in [6.07, 6.45) is 0. The molecule has 0 aliphatic heterocycles. The molecule has 0 unspecified atom stereocenters. The van der Waals surface area contributed by atoms with E-state index in [1.54, 1.807) is 12.1 Å². The maximum Gasteiger partial charge on any atom is 0.249 e. The van der Waals surface area contributed by atoms with Gasteiger partial charge in [-0.05, 0) is 24.3 Å². The molecule has 0 saturated carbocycles. The zero-order valence-corrected chi connectivity index (χ0v) is 8.42. The van der Waals surface area contributed by atoms with Gasteiger partial charge in [-0.3, -0.25) is 0 Å². The number of anilines is 1. The minimum atomic E-state index is 0.434. The molecule has 0 atom stereocenters. The van der Waals surface area contributed by atoms with Crippen LogP contribution in [0.15, 0.2) is 46.9 Å². The number of nitrogens with two attached hydrogens (primary N) is 1. The van der Waals surface area contributed by atoms with Gasteiger partial charge in [0, 0.05) is 5.56 Å². The number of aromatic nitrogens is 2. The van der Waals surface area contributed by atoms with Gasteiger partial charge >= 0.3 is 0 Å². The number of hydrogen-bond acceptors (Lipinski definition) is 4. The first-order chi connectivity index (χ1) is 7.83. The molecule has 2 heterocycles. The van der Waals surface area contributed by atoms with E-state index in [1.807, 2.05) is 30.3 Å². The normalized spacial score (nSPS) is 10.8. The molecule has 2 aromatic heterocycles. The van der Waals surface area contributed by atoms with Crippen molar-refractivity contribution >= 4 is 17.0 Å². The monoisotopic (exact) mass is 211 g/mol. The highest BCUT2D eigenvalue weighted by molar-refractivity contribution is 5.74. The molecule has 0 bridgehead atoms. The Balaban J connectivity index is 2.19. The van der Waals surface area contributed by atoms with E-state index in [-0.39, 0.29) is 0 Å². The van der Waals surface area contributed by atoms with Crippen LogP contribution in [0.25, 0.3) is 22.7 Å². The predicted molar refractivity (Wildman–Crippen MR) is 61.7 cm³/mol. The lowest BCUT2D eigenvalue weighted by Gasteiger charge is -1.91. The molecule has 1 aromatic carbocycles. The van der Waals surface area contributed by atoms with Gasteiger partial charge in [-0.25, -0.2) is 4.98 Å². The van der Waals surface area contributed by atoms with Crippen LogP contribution in [-0.2, 0) is 0 Å². The highest BCUT2D eigenvalue weighted by Crippen LogP contribution is 2.23. The first-order valence-corrected chi connectivity index (χ1v) is 4.91. The Morgan fingerprint density at radius 2 is 1.75 bits per heavy atom. The average Bonchev–Trinajstić information content (AvgIpc) is 2.73. The molecule has 3 aromatic rings. The molecule has 78 valence electrons. The minimum absolute atomic E-state index is 0.434. The molecule has 4 heteroatoms. The van der Waals surface area contributed by atoms with Gasteiger partial charge in [0.1, 0.15) is 11.3 Å². The summed E-state index contributed by atoms with van der Waals surface area (Å²) < 4.78 is 5.53.